The molecule has 3 heteroatoms. The monoisotopic (exact) mass is 589 g/mol. The Morgan fingerprint density at radius 2 is 1.25 bits per heavy atom. The molecule has 0 saturated heterocycles. The minimum atomic E-state index is 1.02. The molecule has 0 amide bonds. The van der Waals surface area contributed by atoms with Gasteiger partial charge in [0.15, 0.2) is 0 Å². The highest BCUT2D eigenvalue weighted by Gasteiger charge is 2.10. The minimum Gasteiger partial charge on any atom is -0.256 e. The Bertz CT molecular complexity index is 1880. The number of rotatable bonds is 3. The summed E-state index contributed by atoms with van der Waals surface area (Å²) in [5.41, 5.74) is 8.27. The molecule has 7 rings (SSSR count). The second kappa shape index (κ2) is 8.84. The Labute approximate surface area is 227 Å². The van der Waals surface area contributed by atoms with Crippen LogP contribution < -0.4 is 0 Å². The van der Waals surface area contributed by atoms with E-state index in [1.165, 1.54) is 51.6 Å². The summed E-state index contributed by atoms with van der Waals surface area (Å²) < 4.78 is 3.93. The average molecular weight is 590 g/mol. The molecule has 0 saturated carbocycles. The summed E-state index contributed by atoms with van der Waals surface area (Å²) in [6, 6.07) is 41.6. The van der Waals surface area contributed by atoms with Crippen LogP contribution in [-0.4, -0.2) is 4.98 Å². The van der Waals surface area contributed by atoms with E-state index in [1.807, 2.05) is 17.5 Å². The number of nitrogens with zero attached hydrogens (tertiary/aromatic N) is 1. The molecule has 5 aromatic carbocycles. The third-order valence-electron chi connectivity index (χ3n) is 6.80. The standard InChI is InChI=1S/C33H20INS/c34-27-16-14-21(15-17-27)24-12-13-25-18-26(20-35-31(25)19-24)22-8-10-23(11-9-22)28-5-3-6-30-29-4-1-2-7-32(29)36-33(28)30/h1-20H. The van der Waals surface area contributed by atoms with Gasteiger partial charge in [0.2, 0.25) is 0 Å². The van der Waals surface area contributed by atoms with Crippen LogP contribution in [0, 0.1) is 3.57 Å². The molecule has 170 valence electrons. The minimum absolute atomic E-state index is 1.02. The van der Waals surface area contributed by atoms with Crippen LogP contribution in [0.25, 0.3) is 64.5 Å². The molecule has 7 aromatic rings. The molecule has 2 heterocycles. The molecule has 36 heavy (non-hydrogen) atoms. The molecular formula is C33H20INS. The Morgan fingerprint density at radius 1 is 0.556 bits per heavy atom. The Morgan fingerprint density at radius 3 is 2.11 bits per heavy atom. The number of halogens is 1. The van der Waals surface area contributed by atoms with Gasteiger partial charge in [-0.15, -0.1) is 11.3 Å². The summed E-state index contributed by atoms with van der Waals surface area (Å²) in [5.74, 6) is 0. The predicted molar refractivity (Wildman–Crippen MR) is 164 cm³/mol. The highest BCUT2D eigenvalue weighted by Crippen LogP contribution is 2.40. The third kappa shape index (κ3) is 3.80. The van der Waals surface area contributed by atoms with Crippen molar-refractivity contribution in [3.05, 3.63) is 125 Å². The molecule has 0 bridgehead atoms. The van der Waals surface area contributed by atoms with Gasteiger partial charge in [-0.3, -0.25) is 4.98 Å². The number of benzene rings is 5. The molecule has 0 aliphatic heterocycles. The molecular weight excluding hydrogens is 569 g/mol. The summed E-state index contributed by atoms with van der Waals surface area (Å²) in [7, 11) is 0. The molecule has 0 spiro atoms. The Hall–Kier alpha value is -3.54. The van der Waals surface area contributed by atoms with Crippen molar-refractivity contribution in [2.24, 2.45) is 0 Å². The van der Waals surface area contributed by atoms with Crippen molar-refractivity contribution in [1.82, 2.24) is 4.98 Å². The van der Waals surface area contributed by atoms with Crippen molar-refractivity contribution >= 4 is 65.0 Å². The summed E-state index contributed by atoms with van der Waals surface area (Å²) in [5, 5.41) is 3.82. The van der Waals surface area contributed by atoms with Gasteiger partial charge in [-0.2, -0.15) is 0 Å². The van der Waals surface area contributed by atoms with Gasteiger partial charge in [0.05, 0.1) is 5.52 Å². The third-order valence-corrected chi connectivity index (χ3v) is 8.73. The van der Waals surface area contributed by atoms with E-state index in [0.717, 1.165) is 16.5 Å². The normalized spacial score (nSPS) is 11.5. The van der Waals surface area contributed by atoms with Gasteiger partial charge >= 0.3 is 0 Å². The van der Waals surface area contributed by atoms with Crippen molar-refractivity contribution in [2.45, 2.75) is 0 Å². The second-order valence-electron chi connectivity index (χ2n) is 9.00. The predicted octanol–water partition coefficient (Wildman–Crippen LogP) is 10.2. The van der Waals surface area contributed by atoms with E-state index in [1.54, 1.807) is 0 Å². The first kappa shape index (κ1) is 21.7. The van der Waals surface area contributed by atoms with Crippen molar-refractivity contribution in [2.75, 3.05) is 0 Å². The average Bonchev–Trinajstić information content (AvgIpc) is 3.32. The maximum atomic E-state index is 4.81. The van der Waals surface area contributed by atoms with Crippen LogP contribution in [0.4, 0.5) is 0 Å². The SMILES string of the molecule is Ic1ccc(-c2ccc3cc(-c4ccc(-c5cccc6c5sc5ccccc56)cc4)cnc3c2)cc1. The number of aromatic nitrogens is 1. The van der Waals surface area contributed by atoms with E-state index in [4.69, 9.17) is 4.98 Å². The fourth-order valence-corrected chi connectivity index (χ4v) is 6.52. The van der Waals surface area contributed by atoms with Crippen LogP contribution >= 0.6 is 33.9 Å². The van der Waals surface area contributed by atoms with Crippen molar-refractivity contribution in [1.29, 1.82) is 0 Å². The van der Waals surface area contributed by atoms with E-state index in [0.29, 0.717) is 0 Å². The van der Waals surface area contributed by atoms with Gasteiger partial charge in [0.1, 0.15) is 0 Å². The zero-order chi connectivity index (χ0) is 24.1. The fourth-order valence-electron chi connectivity index (χ4n) is 4.92. The Balaban J connectivity index is 1.23. The maximum Gasteiger partial charge on any atom is 0.0708 e. The first-order chi connectivity index (χ1) is 17.7. The summed E-state index contributed by atoms with van der Waals surface area (Å²) >= 11 is 4.21. The zero-order valence-electron chi connectivity index (χ0n) is 19.3. The number of hydrogen-bond donors (Lipinski definition) is 0. The molecule has 0 radical (unpaired) electrons. The van der Waals surface area contributed by atoms with Crippen LogP contribution in [0.1, 0.15) is 0 Å². The van der Waals surface area contributed by atoms with E-state index in [-0.39, 0.29) is 0 Å². The number of pyridine rings is 1. The highest BCUT2D eigenvalue weighted by atomic mass is 127. The number of thiophene rings is 1. The van der Waals surface area contributed by atoms with E-state index < -0.39 is 0 Å². The lowest BCUT2D eigenvalue weighted by Gasteiger charge is -2.08. The first-order valence-electron chi connectivity index (χ1n) is 11.9. The van der Waals surface area contributed by atoms with Crippen LogP contribution in [0.2, 0.25) is 0 Å². The first-order valence-corrected chi connectivity index (χ1v) is 13.8. The molecule has 2 aromatic heterocycles. The van der Waals surface area contributed by atoms with Gasteiger partial charge in [-0.25, -0.2) is 0 Å². The topological polar surface area (TPSA) is 12.9 Å². The molecule has 0 aliphatic rings. The van der Waals surface area contributed by atoms with Crippen molar-refractivity contribution in [3.8, 4) is 33.4 Å². The van der Waals surface area contributed by atoms with Crippen LogP contribution in [0.3, 0.4) is 0 Å². The number of fused-ring (bicyclic) bond motifs is 4. The Kier molecular flexibility index (Phi) is 5.33. The molecule has 0 N–H and O–H groups in total. The van der Waals surface area contributed by atoms with Gasteiger partial charge in [0, 0.05) is 40.9 Å². The maximum absolute atomic E-state index is 4.81. The smallest absolute Gasteiger partial charge is 0.0708 e. The van der Waals surface area contributed by atoms with Crippen LogP contribution in [0.15, 0.2) is 121 Å². The van der Waals surface area contributed by atoms with Crippen molar-refractivity contribution in [3.63, 3.8) is 0 Å². The van der Waals surface area contributed by atoms with Gasteiger partial charge < -0.3 is 0 Å². The molecule has 0 aliphatic carbocycles. The fraction of sp³-hybridized carbons (Fsp3) is 0. The van der Waals surface area contributed by atoms with Crippen molar-refractivity contribution < 1.29 is 0 Å². The van der Waals surface area contributed by atoms with Gasteiger partial charge in [-0.05, 0) is 80.7 Å². The summed E-state index contributed by atoms with van der Waals surface area (Å²) in [6.45, 7) is 0. The number of hydrogen-bond acceptors (Lipinski definition) is 2. The van der Waals surface area contributed by atoms with Crippen LogP contribution in [-0.2, 0) is 0 Å². The van der Waals surface area contributed by atoms with Gasteiger partial charge in [0.25, 0.3) is 0 Å². The molecule has 0 atom stereocenters. The van der Waals surface area contributed by atoms with E-state index >= 15 is 0 Å². The lowest BCUT2D eigenvalue weighted by atomic mass is 9.98. The second-order valence-corrected chi connectivity index (χ2v) is 11.3. The molecule has 0 fully saturated rings. The zero-order valence-corrected chi connectivity index (χ0v) is 22.3. The largest absolute Gasteiger partial charge is 0.256 e. The quantitative estimate of drug-likeness (QED) is 0.187. The lowest BCUT2D eigenvalue weighted by Crippen LogP contribution is -1.86. The van der Waals surface area contributed by atoms with Gasteiger partial charge in [-0.1, -0.05) is 84.9 Å². The molecule has 0 unspecified atom stereocenters. The highest BCUT2D eigenvalue weighted by molar-refractivity contribution is 14.1. The van der Waals surface area contributed by atoms with Crippen LogP contribution in [0.5, 0.6) is 0 Å². The van der Waals surface area contributed by atoms with E-state index in [9.17, 15) is 0 Å². The molecule has 1 nitrogen and oxygen atoms in total. The van der Waals surface area contributed by atoms with E-state index in [2.05, 4.69) is 138 Å². The summed E-state index contributed by atoms with van der Waals surface area (Å²) in [4.78, 5) is 4.81. The lowest BCUT2D eigenvalue weighted by molar-refractivity contribution is 1.41. The summed E-state index contributed by atoms with van der Waals surface area (Å²) in [6.07, 6.45) is 1.99.